The van der Waals surface area contributed by atoms with Crippen molar-refractivity contribution in [1.29, 1.82) is 0 Å². The second-order valence-electron chi connectivity index (χ2n) is 16.1. The lowest BCUT2D eigenvalue weighted by Gasteiger charge is -2.27. The molecular weight excluding hydrogens is 749 g/mol. The van der Waals surface area contributed by atoms with Gasteiger partial charge in [-0.05, 0) is 132 Å². The molecule has 0 spiro atoms. The first-order chi connectivity index (χ1) is 30.7. The third-order valence-corrected chi connectivity index (χ3v) is 12.5. The van der Waals surface area contributed by atoms with Crippen LogP contribution in [-0.2, 0) is 0 Å². The standard InChI is InChI=1S/C60H40N2/c1-3-15-41(16-4-1)44-19-13-23-51(38-44)61(50-34-31-42(32-35-50)45-33-36-54-47(37-45)30-29-43-17-7-9-25-53(43)54)52-24-14-20-48(39-52)59-55-26-10-8-18-46(55)40-58-60(59)56-27-11-12-28-57(56)62(58)49-21-5-2-6-22-49/h1-40H. The van der Waals surface area contributed by atoms with Crippen molar-refractivity contribution < 1.29 is 0 Å². The summed E-state index contributed by atoms with van der Waals surface area (Å²) in [7, 11) is 0. The van der Waals surface area contributed by atoms with Crippen molar-refractivity contribution in [2.45, 2.75) is 0 Å². The summed E-state index contributed by atoms with van der Waals surface area (Å²) in [5, 5.41) is 10.0. The van der Waals surface area contributed by atoms with E-state index in [2.05, 4.69) is 252 Å². The van der Waals surface area contributed by atoms with Crippen LogP contribution >= 0.6 is 0 Å². The highest BCUT2D eigenvalue weighted by Gasteiger charge is 2.21. The first-order valence-electron chi connectivity index (χ1n) is 21.3. The Morgan fingerprint density at radius 3 is 1.60 bits per heavy atom. The monoisotopic (exact) mass is 788 g/mol. The minimum absolute atomic E-state index is 1.09. The second-order valence-corrected chi connectivity index (χ2v) is 16.1. The van der Waals surface area contributed by atoms with E-state index in [1.807, 2.05) is 0 Å². The summed E-state index contributed by atoms with van der Waals surface area (Å²) in [5.74, 6) is 0. The van der Waals surface area contributed by atoms with Gasteiger partial charge in [-0.15, -0.1) is 0 Å². The SMILES string of the molecule is c1ccc(-c2cccc(N(c3ccc(-c4ccc5c(ccc6ccccc65)c4)cc3)c3cccc(-c4c5ccccc5cc5c4c4ccccc4n5-c4ccccc4)c3)c2)cc1. The Kier molecular flexibility index (Phi) is 8.53. The van der Waals surface area contributed by atoms with Crippen molar-refractivity contribution in [1.82, 2.24) is 4.57 Å². The predicted octanol–water partition coefficient (Wildman–Crippen LogP) is 16.7. The Hall–Kier alpha value is -8.20. The van der Waals surface area contributed by atoms with Crippen LogP contribution in [0.25, 0.3) is 93.2 Å². The molecule has 2 heteroatoms. The van der Waals surface area contributed by atoms with Gasteiger partial charge in [-0.1, -0.05) is 176 Å². The highest BCUT2D eigenvalue weighted by molar-refractivity contribution is 6.23. The number of hydrogen-bond acceptors (Lipinski definition) is 1. The molecule has 12 rings (SSSR count). The molecule has 11 aromatic carbocycles. The smallest absolute Gasteiger partial charge is 0.0553 e. The molecule has 0 saturated carbocycles. The van der Waals surface area contributed by atoms with E-state index in [1.165, 1.54) is 87.5 Å². The molecule has 0 atom stereocenters. The fourth-order valence-corrected chi connectivity index (χ4v) is 9.65. The number of anilines is 3. The summed E-state index contributed by atoms with van der Waals surface area (Å²) in [4.78, 5) is 2.40. The van der Waals surface area contributed by atoms with Crippen molar-refractivity contribution in [3.05, 3.63) is 243 Å². The molecule has 0 aliphatic rings. The zero-order valence-electron chi connectivity index (χ0n) is 34.0. The third-order valence-electron chi connectivity index (χ3n) is 12.5. The van der Waals surface area contributed by atoms with Crippen LogP contribution in [0.15, 0.2) is 243 Å². The zero-order chi connectivity index (χ0) is 41.0. The van der Waals surface area contributed by atoms with Crippen molar-refractivity contribution in [3.63, 3.8) is 0 Å². The fraction of sp³-hybridized carbons (Fsp3) is 0. The van der Waals surface area contributed by atoms with Crippen LogP contribution in [0.4, 0.5) is 17.1 Å². The number of para-hydroxylation sites is 2. The van der Waals surface area contributed by atoms with E-state index >= 15 is 0 Å². The molecule has 1 heterocycles. The van der Waals surface area contributed by atoms with Crippen molar-refractivity contribution in [3.8, 4) is 39.1 Å². The number of rotatable bonds is 7. The summed E-state index contributed by atoms with van der Waals surface area (Å²) < 4.78 is 2.42. The van der Waals surface area contributed by atoms with Crippen LogP contribution in [0.3, 0.4) is 0 Å². The third kappa shape index (κ3) is 6.04. The molecular formula is C60H40N2. The van der Waals surface area contributed by atoms with Crippen LogP contribution in [0.5, 0.6) is 0 Å². The molecule has 0 fully saturated rings. The molecule has 0 saturated heterocycles. The lowest BCUT2D eigenvalue weighted by molar-refractivity contribution is 1.18. The largest absolute Gasteiger partial charge is 0.310 e. The lowest BCUT2D eigenvalue weighted by atomic mass is 9.92. The van der Waals surface area contributed by atoms with Gasteiger partial charge in [0.05, 0.1) is 11.0 Å². The summed E-state index contributed by atoms with van der Waals surface area (Å²) in [5.41, 5.74) is 14.0. The molecule has 0 N–H and O–H groups in total. The van der Waals surface area contributed by atoms with Gasteiger partial charge in [0.25, 0.3) is 0 Å². The van der Waals surface area contributed by atoms with Crippen molar-refractivity contribution in [2.75, 3.05) is 4.90 Å². The number of fused-ring (bicyclic) bond motifs is 7. The van der Waals surface area contributed by atoms with Crippen molar-refractivity contribution in [2.24, 2.45) is 0 Å². The van der Waals surface area contributed by atoms with Crippen LogP contribution in [0.1, 0.15) is 0 Å². The Balaban J connectivity index is 1.04. The maximum Gasteiger partial charge on any atom is 0.0553 e. The van der Waals surface area contributed by atoms with Gasteiger partial charge in [-0.25, -0.2) is 0 Å². The number of benzene rings is 11. The molecule has 0 amide bonds. The maximum absolute atomic E-state index is 2.42. The average Bonchev–Trinajstić information content (AvgIpc) is 3.67. The van der Waals surface area contributed by atoms with E-state index in [9.17, 15) is 0 Å². The molecule has 2 nitrogen and oxygen atoms in total. The predicted molar refractivity (Wildman–Crippen MR) is 264 cm³/mol. The van der Waals surface area contributed by atoms with Gasteiger partial charge < -0.3 is 9.47 Å². The van der Waals surface area contributed by atoms with Gasteiger partial charge in [0.2, 0.25) is 0 Å². The number of hydrogen-bond donors (Lipinski definition) is 0. The molecule has 0 radical (unpaired) electrons. The Morgan fingerprint density at radius 2 is 0.806 bits per heavy atom. The molecule has 62 heavy (non-hydrogen) atoms. The fourth-order valence-electron chi connectivity index (χ4n) is 9.65. The van der Waals surface area contributed by atoms with Crippen LogP contribution in [0, 0.1) is 0 Å². The van der Waals surface area contributed by atoms with Crippen LogP contribution in [0.2, 0.25) is 0 Å². The lowest BCUT2D eigenvalue weighted by Crippen LogP contribution is -2.10. The summed E-state index contributed by atoms with van der Waals surface area (Å²) in [6, 6.07) is 88.5. The van der Waals surface area contributed by atoms with E-state index in [0.29, 0.717) is 0 Å². The molecule has 0 unspecified atom stereocenters. The summed E-state index contributed by atoms with van der Waals surface area (Å²) in [6.07, 6.45) is 0. The first-order valence-corrected chi connectivity index (χ1v) is 21.3. The van der Waals surface area contributed by atoms with E-state index in [4.69, 9.17) is 0 Å². The summed E-state index contributed by atoms with van der Waals surface area (Å²) in [6.45, 7) is 0. The zero-order valence-corrected chi connectivity index (χ0v) is 34.0. The molecule has 0 aliphatic carbocycles. The maximum atomic E-state index is 2.42. The van der Waals surface area contributed by atoms with E-state index in [1.54, 1.807) is 0 Å². The van der Waals surface area contributed by atoms with Gasteiger partial charge in [0, 0.05) is 33.5 Å². The molecule has 0 aliphatic heterocycles. The Bertz CT molecular complexity index is 3620. The number of nitrogens with zero attached hydrogens (tertiary/aromatic N) is 2. The van der Waals surface area contributed by atoms with E-state index in [-0.39, 0.29) is 0 Å². The van der Waals surface area contributed by atoms with Crippen molar-refractivity contribution >= 4 is 71.2 Å². The molecule has 0 bridgehead atoms. The van der Waals surface area contributed by atoms with Gasteiger partial charge in [0.15, 0.2) is 0 Å². The topological polar surface area (TPSA) is 8.17 Å². The molecule has 1 aromatic heterocycles. The van der Waals surface area contributed by atoms with Gasteiger partial charge in [-0.3, -0.25) is 0 Å². The Morgan fingerprint density at radius 1 is 0.274 bits per heavy atom. The normalized spacial score (nSPS) is 11.5. The Labute approximate surface area is 360 Å². The van der Waals surface area contributed by atoms with E-state index in [0.717, 1.165) is 22.7 Å². The number of aromatic nitrogens is 1. The molecule has 290 valence electrons. The van der Waals surface area contributed by atoms with Gasteiger partial charge in [-0.2, -0.15) is 0 Å². The average molecular weight is 789 g/mol. The molecule has 12 aromatic rings. The highest BCUT2D eigenvalue weighted by Crippen LogP contribution is 2.45. The minimum atomic E-state index is 1.09. The van der Waals surface area contributed by atoms with Gasteiger partial charge in [0.1, 0.15) is 0 Å². The van der Waals surface area contributed by atoms with E-state index < -0.39 is 0 Å². The van der Waals surface area contributed by atoms with Gasteiger partial charge >= 0.3 is 0 Å². The quantitative estimate of drug-likeness (QED) is 0.146. The van der Waals surface area contributed by atoms with Crippen LogP contribution in [-0.4, -0.2) is 4.57 Å². The minimum Gasteiger partial charge on any atom is -0.310 e. The second kappa shape index (κ2) is 14.8. The first kappa shape index (κ1) is 35.7. The summed E-state index contributed by atoms with van der Waals surface area (Å²) >= 11 is 0. The van der Waals surface area contributed by atoms with Crippen LogP contribution < -0.4 is 4.90 Å². The highest BCUT2D eigenvalue weighted by atomic mass is 15.1.